The van der Waals surface area contributed by atoms with Gasteiger partial charge in [-0.25, -0.2) is 18.7 Å². The Hall–Kier alpha value is -1.66. The fourth-order valence-electron chi connectivity index (χ4n) is 1.97. The maximum Gasteiger partial charge on any atom is 0.309 e. The van der Waals surface area contributed by atoms with E-state index in [-0.39, 0.29) is 12.2 Å². The number of rotatable bonds is 2. The molecule has 0 radical (unpaired) electrons. The van der Waals surface area contributed by atoms with Crippen molar-refractivity contribution in [3.8, 4) is 0 Å². The summed E-state index contributed by atoms with van der Waals surface area (Å²) in [5, 5.41) is 2.42. The van der Waals surface area contributed by atoms with Gasteiger partial charge in [0.05, 0.1) is 17.8 Å². The van der Waals surface area contributed by atoms with E-state index in [1.807, 2.05) is 0 Å². The van der Waals surface area contributed by atoms with Crippen LogP contribution in [0.1, 0.15) is 18.5 Å². The SMILES string of the molecule is C[C@@H](F)C1CNC(=O)[C@H]1c1nc(F)ncc1F. The van der Waals surface area contributed by atoms with Gasteiger partial charge >= 0.3 is 6.08 Å². The average Bonchev–Trinajstić information content (AvgIpc) is 2.64. The lowest BCUT2D eigenvalue weighted by molar-refractivity contribution is -0.121. The molecule has 1 saturated heterocycles. The molecule has 3 atom stereocenters. The molecule has 1 amide bonds. The second-order valence-corrected chi connectivity index (χ2v) is 3.94. The molecule has 17 heavy (non-hydrogen) atoms. The van der Waals surface area contributed by atoms with Gasteiger partial charge in [0.15, 0.2) is 5.82 Å². The molecule has 0 aliphatic carbocycles. The fraction of sp³-hybridized carbons (Fsp3) is 0.500. The molecule has 4 nitrogen and oxygen atoms in total. The molecule has 1 aromatic heterocycles. The average molecular weight is 245 g/mol. The summed E-state index contributed by atoms with van der Waals surface area (Å²) in [4.78, 5) is 17.8. The zero-order valence-electron chi connectivity index (χ0n) is 8.95. The van der Waals surface area contributed by atoms with Gasteiger partial charge in [0.2, 0.25) is 5.91 Å². The Labute approximate surface area is 95.3 Å². The van der Waals surface area contributed by atoms with Crippen LogP contribution in [0.25, 0.3) is 0 Å². The minimum Gasteiger partial charge on any atom is -0.355 e. The molecule has 1 aliphatic heterocycles. The van der Waals surface area contributed by atoms with E-state index in [0.717, 1.165) is 0 Å². The molecule has 2 heterocycles. The zero-order valence-corrected chi connectivity index (χ0v) is 8.95. The van der Waals surface area contributed by atoms with E-state index in [2.05, 4.69) is 15.3 Å². The lowest BCUT2D eigenvalue weighted by atomic mass is 9.89. The van der Waals surface area contributed by atoms with Gasteiger partial charge in [0, 0.05) is 12.5 Å². The minimum atomic E-state index is -1.32. The molecule has 92 valence electrons. The highest BCUT2D eigenvalue weighted by atomic mass is 19.1. The first-order valence-electron chi connectivity index (χ1n) is 5.10. The summed E-state index contributed by atoms with van der Waals surface area (Å²) in [6, 6.07) is 0. The first kappa shape index (κ1) is 11.8. The number of carbonyl (C=O) groups excluding carboxylic acids is 1. The highest BCUT2D eigenvalue weighted by molar-refractivity contribution is 5.85. The first-order valence-corrected chi connectivity index (χ1v) is 5.10. The molecule has 7 heteroatoms. The highest BCUT2D eigenvalue weighted by Crippen LogP contribution is 2.32. The van der Waals surface area contributed by atoms with Crippen molar-refractivity contribution in [3.63, 3.8) is 0 Å². The molecular weight excluding hydrogens is 235 g/mol. The third-order valence-electron chi connectivity index (χ3n) is 2.85. The third-order valence-corrected chi connectivity index (χ3v) is 2.85. The Morgan fingerprint density at radius 1 is 1.53 bits per heavy atom. The van der Waals surface area contributed by atoms with Gasteiger partial charge in [-0.3, -0.25) is 4.79 Å². The molecule has 1 unspecified atom stereocenters. The number of hydrogen-bond donors (Lipinski definition) is 1. The Balaban J connectivity index is 2.42. The van der Waals surface area contributed by atoms with Gasteiger partial charge < -0.3 is 5.32 Å². The standard InChI is InChI=1S/C10H10F3N3O/c1-4(11)5-2-14-9(17)7(5)8-6(12)3-15-10(13)16-8/h3-5,7H,2H2,1H3,(H,14,17)/t4-,5?,7-/m1/s1. The van der Waals surface area contributed by atoms with Crippen molar-refractivity contribution in [3.05, 3.63) is 23.8 Å². The van der Waals surface area contributed by atoms with Gasteiger partial charge in [0.1, 0.15) is 6.17 Å². The lowest BCUT2D eigenvalue weighted by Gasteiger charge is -2.17. The predicted molar refractivity (Wildman–Crippen MR) is 51.8 cm³/mol. The van der Waals surface area contributed by atoms with Crippen LogP contribution < -0.4 is 5.32 Å². The number of amides is 1. The van der Waals surface area contributed by atoms with Crippen LogP contribution in [0.4, 0.5) is 13.2 Å². The Kier molecular flexibility index (Phi) is 2.99. The molecular formula is C10H10F3N3O. The van der Waals surface area contributed by atoms with E-state index in [4.69, 9.17) is 0 Å². The van der Waals surface area contributed by atoms with Crippen molar-refractivity contribution in [2.24, 2.45) is 5.92 Å². The van der Waals surface area contributed by atoms with Crippen molar-refractivity contribution in [1.82, 2.24) is 15.3 Å². The zero-order chi connectivity index (χ0) is 12.6. The normalized spacial score (nSPS) is 25.8. The number of nitrogens with one attached hydrogen (secondary N) is 1. The van der Waals surface area contributed by atoms with E-state index in [0.29, 0.717) is 6.20 Å². The first-order chi connectivity index (χ1) is 8.00. The molecule has 2 rings (SSSR count). The van der Waals surface area contributed by atoms with Gasteiger partial charge in [-0.15, -0.1) is 0 Å². The van der Waals surface area contributed by atoms with Crippen molar-refractivity contribution in [2.45, 2.75) is 19.0 Å². The summed E-state index contributed by atoms with van der Waals surface area (Å²) in [5.41, 5.74) is -0.387. The summed E-state index contributed by atoms with van der Waals surface area (Å²) in [6.07, 6.45) is -1.81. The number of carbonyl (C=O) groups is 1. The van der Waals surface area contributed by atoms with Crippen molar-refractivity contribution in [1.29, 1.82) is 0 Å². The van der Waals surface area contributed by atoms with Crippen LogP contribution in [0.3, 0.4) is 0 Å². The predicted octanol–water partition coefficient (Wildman–Crippen LogP) is 0.942. The number of hydrogen-bond acceptors (Lipinski definition) is 3. The van der Waals surface area contributed by atoms with Crippen LogP contribution in [-0.4, -0.2) is 28.6 Å². The number of aromatic nitrogens is 2. The summed E-state index contributed by atoms with van der Waals surface area (Å²) in [6.45, 7) is 1.36. The highest BCUT2D eigenvalue weighted by Gasteiger charge is 2.41. The largest absolute Gasteiger partial charge is 0.355 e. The molecule has 0 bridgehead atoms. The minimum absolute atomic E-state index is 0.0895. The molecule has 1 aromatic rings. The lowest BCUT2D eigenvalue weighted by Crippen LogP contribution is -2.24. The van der Waals surface area contributed by atoms with Gasteiger partial charge in [-0.05, 0) is 6.92 Å². The van der Waals surface area contributed by atoms with Crippen molar-refractivity contribution in [2.75, 3.05) is 6.54 Å². The van der Waals surface area contributed by atoms with E-state index in [9.17, 15) is 18.0 Å². The maximum atomic E-state index is 13.4. The smallest absolute Gasteiger partial charge is 0.309 e. The number of nitrogens with zero attached hydrogens (tertiary/aromatic N) is 2. The quantitative estimate of drug-likeness (QED) is 0.789. The summed E-state index contributed by atoms with van der Waals surface area (Å²) in [5.74, 6) is -3.30. The molecule has 1 fully saturated rings. The van der Waals surface area contributed by atoms with Gasteiger partial charge in [0.25, 0.3) is 0 Å². The Bertz CT molecular complexity index is 452. The van der Waals surface area contributed by atoms with Crippen LogP contribution >= 0.6 is 0 Å². The van der Waals surface area contributed by atoms with Crippen LogP contribution in [-0.2, 0) is 4.79 Å². The van der Waals surface area contributed by atoms with Crippen molar-refractivity contribution >= 4 is 5.91 Å². The van der Waals surface area contributed by atoms with Crippen LogP contribution in [0.5, 0.6) is 0 Å². The molecule has 0 aromatic carbocycles. The molecule has 1 N–H and O–H groups in total. The van der Waals surface area contributed by atoms with Crippen LogP contribution in [0.2, 0.25) is 0 Å². The summed E-state index contributed by atoms with van der Waals surface area (Å²) >= 11 is 0. The number of alkyl halides is 1. The molecule has 0 spiro atoms. The van der Waals surface area contributed by atoms with Gasteiger partial charge in [-0.2, -0.15) is 4.39 Å². The Morgan fingerprint density at radius 3 is 2.88 bits per heavy atom. The van der Waals surface area contributed by atoms with Crippen LogP contribution in [0.15, 0.2) is 6.20 Å². The molecule has 1 aliphatic rings. The van der Waals surface area contributed by atoms with Crippen molar-refractivity contribution < 1.29 is 18.0 Å². The van der Waals surface area contributed by atoms with Gasteiger partial charge in [-0.1, -0.05) is 0 Å². The third kappa shape index (κ3) is 2.09. The number of halogens is 3. The maximum absolute atomic E-state index is 13.4. The van der Waals surface area contributed by atoms with Crippen LogP contribution in [0, 0.1) is 17.8 Å². The summed E-state index contributed by atoms with van der Waals surface area (Å²) < 4.78 is 39.6. The van der Waals surface area contributed by atoms with E-state index >= 15 is 0 Å². The topological polar surface area (TPSA) is 54.9 Å². The van der Waals surface area contributed by atoms with E-state index < -0.39 is 35.8 Å². The van der Waals surface area contributed by atoms with E-state index in [1.54, 1.807) is 0 Å². The fourth-order valence-corrected chi connectivity index (χ4v) is 1.97. The second kappa shape index (κ2) is 4.31. The monoisotopic (exact) mass is 245 g/mol. The Morgan fingerprint density at radius 2 is 2.24 bits per heavy atom. The second-order valence-electron chi connectivity index (χ2n) is 3.94. The van der Waals surface area contributed by atoms with E-state index in [1.165, 1.54) is 6.92 Å². The molecule has 0 saturated carbocycles. The summed E-state index contributed by atoms with van der Waals surface area (Å²) in [7, 11) is 0.